The van der Waals surface area contributed by atoms with Crippen molar-refractivity contribution in [3.05, 3.63) is 57.7 Å². The van der Waals surface area contributed by atoms with Gasteiger partial charge in [-0.1, -0.05) is 18.2 Å². The Balaban J connectivity index is 1.80. The van der Waals surface area contributed by atoms with Gasteiger partial charge in [0, 0.05) is 12.3 Å². The van der Waals surface area contributed by atoms with E-state index in [1.165, 1.54) is 37.8 Å². The monoisotopic (exact) mass is 515 g/mol. The molecule has 1 aromatic heterocycles. The van der Waals surface area contributed by atoms with Crippen molar-refractivity contribution in [3.63, 3.8) is 0 Å². The number of nitrogens with one attached hydrogen (secondary N) is 2. The molecule has 1 unspecified atom stereocenters. The zero-order valence-electron chi connectivity index (χ0n) is 18.6. The second kappa shape index (κ2) is 10.5. The summed E-state index contributed by atoms with van der Waals surface area (Å²) in [7, 11) is -3.01. The first kappa shape index (κ1) is 26.2. The largest absolute Gasteiger partial charge is 0.468 e. The van der Waals surface area contributed by atoms with Crippen LogP contribution in [0.25, 0.3) is 0 Å². The summed E-state index contributed by atoms with van der Waals surface area (Å²) >= 11 is 5.12. The Morgan fingerprint density at radius 1 is 1.38 bits per heavy atom. The molecule has 14 heteroatoms. The summed E-state index contributed by atoms with van der Waals surface area (Å²) in [6, 6.07) is 8.26. The summed E-state index contributed by atoms with van der Waals surface area (Å²) in [6.07, 6.45) is -2.53. The lowest BCUT2D eigenvalue weighted by atomic mass is 9.96. The molecule has 1 aromatic carbocycles. The van der Waals surface area contributed by atoms with Gasteiger partial charge in [-0.2, -0.15) is 5.09 Å². The molecule has 0 radical (unpaired) electrons. The maximum Gasteiger partial charge on any atom is 0.459 e. The molecule has 6 atom stereocenters. The number of methoxy groups -OCH3 is 1. The zero-order chi connectivity index (χ0) is 25.1. The van der Waals surface area contributed by atoms with E-state index in [0.717, 1.165) is 0 Å². The van der Waals surface area contributed by atoms with Crippen molar-refractivity contribution >= 4 is 25.9 Å². The highest BCUT2D eigenvalue weighted by atomic mass is 32.1. The van der Waals surface area contributed by atoms with E-state index in [4.69, 9.17) is 26.0 Å². The number of aromatic amines is 1. The van der Waals surface area contributed by atoms with E-state index in [0.29, 0.717) is 0 Å². The number of carbonyl (C=O) groups is 1. The van der Waals surface area contributed by atoms with E-state index in [1.54, 1.807) is 30.3 Å². The maximum absolute atomic E-state index is 13.5. The number of ether oxygens (including phenoxy) is 2. The Bertz CT molecular complexity index is 1170. The van der Waals surface area contributed by atoms with Crippen LogP contribution in [0.15, 0.2) is 47.4 Å². The predicted octanol–water partition coefficient (Wildman–Crippen LogP) is 1.27. The second-order valence-corrected chi connectivity index (χ2v) is 9.87. The van der Waals surface area contributed by atoms with Gasteiger partial charge in [0.25, 0.3) is 5.56 Å². The van der Waals surface area contributed by atoms with Crippen molar-refractivity contribution in [2.24, 2.45) is 0 Å². The lowest BCUT2D eigenvalue weighted by Crippen LogP contribution is -2.45. The highest BCUT2D eigenvalue weighted by molar-refractivity contribution is 7.71. The van der Waals surface area contributed by atoms with E-state index in [9.17, 15) is 24.4 Å². The van der Waals surface area contributed by atoms with Crippen molar-refractivity contribution < 1.29 is 38.1 Å². The highest BCUT2D eigenvalue weighted by Gasteiger charge is 2.53. The van der Waals surface area contributed by atoms with E-state index in [-0.39, 0.29) is 10.5 Å². The molecule has 2 heterocycles. The standard InChI is InChI=1S/C20H26N3O9PS/c1-12(17(26)29-3)22-33(28,32-13-7-5-4-6-8-13)30-11-14-16(25)20(2,27)18(31-14)23-10-9-15(24)21-19(23)34/h4-10,12,14,16,18,25,27H,11H2,1-3H3,(H,22,28)(H,21,24,34)/t12-,14+,16-,18+,20?,33-/m0/s1. The number of aliphatic hydroxyl groups excluding tert-OH is 1. The smallest absolute Gasteiger partial charge is 0.459 e. The van der Waals surface area contributed by atoms with Crippen molar-refractivity contribution in [2.45, 2.75) is 43.9 Å². The number of hydrogen-bond acceptors (Lipinski definition) is 10. The number of aliphatic hydroxyl groups is 2. The van der Waals surface area contributed by atoms with Crippen LogP contribution in [-0.4, -0.2) is 63.3 Å². The van der Waals surface area contributed by atoms with Crippen LogP contribution in [0.2, 0.25) is 0 Å². The van der Waals surface area contributed by atoms with Gasteiger partial charge < -0.3 is 24.2 Å². The summed E-state index contributed by atoms with van der Waals surface area (Å²) in [5, 5.41) is 24.1. The number of H-pyrrole nitrogens is 1. The number of carbonyl (C=O) groups excluding carboxylic acids is 1. The molecule has 0 saturated carbocycles. The van der Waals surface area contributed by atoms with Gasteiger partial charge in [-0.15, -0.1) is 0 Å². The predicted molar refractivity (Wildman–Crippen MR) is 122 cm³/mol. The quantitative estimate of drug-likeness (QED) is 0.216. The van der Waals surface area contributed by atoms with Crippen LogP contribution in [0.1, 0.15) is 20.1 Å². The average Bonchev–Trinajstić information content (AvgIpc) is 3.01. The summed E-state index contributed by atoms with van der Waals surface area (Å²) in [5.41, 5.74) is -2.29. The molecule has 186 valence electrons. The molecule has 1 aliphatic rings. The lowest BCUT2D eigenvalue weighted by Gasteiger charge is -2.28. The molecule has 2 aromatic rings. The van der Waals surface area contributed by atoms with E-state index >= 15 is 0 Å². The number of benzene rings is 1. The first-order chi connectivity index (χ1) is 16.0. The number of hydrogen-bond donors (Lipinski definition) is 4. The molecular formula is C20H26N3O9PS. The SMILES string of the molecule is COC(=O)[C@H](C)N[P@](=O)(OC[C@H]1O[C@@H](n2ccc(=O)[nH]c2=S)C(C)(O)[C@H]1O)Oc1ccccc1. The number of aromatic nitrogens is 2. The van der Waals surface area contributed by atoms with E-state index in [1.807, 2.05) is 0 Å². The molecule has 0 spiro atoms. The number of para-hydroxylation sites is 1. The Morgan fingerprint density at radius 3 is 2.68 bits per heavy atom. The van der Waals surface area contributed by atoms with Gasteiger partial charge >= 0.3 is 13.7 Å². The van der Waals surface area contributed by atoms with Gasteiger partial charge in [0.15, 0.2) is 11.0 Å². The molecule has 12 nitrogen and oxygen atoms in total. The molecule has 34 heavy (non-hydrogen) atoms. The van der Waals surface area contributed by atoms with Gasteiger partial charge in [-0.25, -0.2) is 4.57 Å². The topological polar surface area (TPSA) is 161 Å². The van der Waals surface area contributed by atoms with Crippen LogP contribution in [0.5, 0.6) is 5.75 Å². The average molecular weight is 515 g/mol. The fourth-order valence-electron chi connectivity index (χ4n) is 3.34. The molecule has 0 bridgehead atoms. The van der Waals surface area contributed by atoms with Crippen LogP contribution in [0.4, 0.5) is 0 Å². The first-order valence-corrected chi connectivity index (χ1v) is 12.1. The third kappa shape index (κ3) is 5.81. The van der Waals surface area contributed by atoms with E-state index in [2.05, 4.69) is 14.8 Å². The lowest BCUT2D eigenvalue weighted by molar-refractivity contribution is -0.142. The Labute approximate surface area is 200 Å². The fraction of sp³-hybridized carbons (Fsp3) is 0.450. The van der Waals surface area contributed by atoms with Crippen molar-refractivity contribution in [3.8, 4) is 5.75 Å². The van der Waals surface area contributed by atoms with E-state index < -0.39 is 56.0 Å². The van der Waals surface area contributed by atoms with Crippen LogP contribution in [-0.2, 0) is 23.4 Å². The third-order valence-electron chi connectivity index (χ3n) is 5.14. The summed E-state index contributed by atoms with van der Waals surface area (Å²) in [4.78, 5) is 25.7. The second-order valence-electron chi connectivity index (χ2n) is 7.79. The molecule has 0 amide bonds. The molecule has 3 rings (SSSR count). The molecule has 0 aliphatic carbocycles. The molecule has 1 aliphatic heterocycles. The first-order valence-electron chi connectivity index (χ1n) is 10.2. The fourth-order valence-corrected chi connectivity index (χ4v) is 5.10. The Hall–Kier alpha value is -2.38. The van der Waals surface area contributed by atoms with Crippen LogP contribution < -0.4 is 15.2 Å². The Morgan fingerprint density at radius 2 is 2.06 bits per heavy atom. The minimum absolute atomic E-state index is 0.0294. The van der Waals surface area contributed by atoms with Crippen LogP contribution >= 0.6 is 20.0 Å². The molecule has 4 N–H and O–H groups in total. The summed E-state index contributed by atoms with van der Waals surface area (Å²) in [5.74, 6) is -0.499. The molecular weight excluding hydrogens is 489 g/mol. The number of esters is 1. The minimum atomic E-state index is -4.19. The van der Waals surface area contributed by atoms with Crippen molar-refractivity contribution in [1.29, 1.82) is 0 Å². The zero-order valence-corrected chi connectivity index (χ0v) is 20.3. The normalized spacial score (nSPS) is 27.0. The highest BCUT2D eigenvalue weighted by Crippen LogP contribution is 2.47. The maximum atomic E-state index is 13.5. The van der Waals surface area contributed by atoms with Crippen LogP contribution in [0.3, 0.4) is 0 Å². The third-order valence-corrected chi connectivity index (χ3v) is 7.10. The number of rotatable bonds is 9. The van der Waals surface area contributed by atoms with Crippen molar-refractivity contribution in [2.75, 3.05) is 13.7 Å². The molecule has 1 saturated heterocycles. The van der Waals surface area contributed by atoms with Crippen molar-refractivity contribution in [1.82, 2.24) is 14.6 Å². The van der Waals surface area contributed by atoms with Gasteiger partial charge in [0.1, 0.15) is 29.6 Å². The summed E-state index contributed by atoms with van der Waals surface area (Å²) in [6.45, 7) is 2.25. The van der Waals surface area contributed by atoms with Gasteiger partial charge in [0.05, 0.1) is 13.7 Å². The number of nitrogens with zero attached hydrogens (tertiary/aromatic N) is 1. The van der Waals surface area contributed by atoms with Gasteiger partial charge in [-0.3, -0.25) is 23.7 Å². The minimum Gasteiger partial charge on any atom is -0.468 e. The van der Waals surface area contributed by atoms with Crippen LogP contribution in [0, 0.1) is 4.77 Å². The van der Waals surface area contributed by atoms with Gasteiger partial charge in [-0.05, 0) is 38.2 Å². The summed E-state index contributed by atoms with van der Waals surface area (Å²) < 4.78 is 36.1. The van der Waals surface area contributed by atoms with Gasteiger partial charge in [0.2, 0.25) is 0 Å². The molecule has 1 fully saturated rings. The Kier molecular flexibility index (Phi) is 8.09.